The first-order chi connectivity index (χ1) is 9.47. The van der Waals surface area contributed by atoms with Gasteiger partial charge >= 0.3 is 0 Å². The average Bonchev–Trinajstić information content (AvgIpc) is 2.68. The third-order valence-corrected chi connectivity index (χ3v) is 3.64. The fourth-order valence-electron chi connectivity index (χ4n) is 2.77. The molecule has 1 atom stereocenters. The van der Waals surface area contributed by atoms with E-state index in [-0.39, 0.29) is 6.04 Å². The summed E-state index contributed by atoms with van der Waals surface area (Å²) in [4.78, 5) is 0. The first-order valence-corrected chi connectivity index (χ1v) is 7.32. The van der Waals surface area contributed by atoms with Crippen molar-refractivity contribution in [3.8, 4) is 0 Å². The molecule has 3 nitrogen and oxygen atoms in total. The maximum Gasteiger partial charge on any atom is 0.0624 e. The van der Waals surface area contributed by atoms with Gasteiger partial charge in [0.25, 0.3) is 0 Å². The van der Waals surface area contributed by atoms with Gasteiger partial charge in [-0.05, 0) is 38.3 Å². The lowest BCUT2D eigenvalue weighted by Gasteiger charge is -2.13. The normalized spacial score (nSPS) is 12.7. The second-order valence-corrected chi connectivity index (χ2v) is 5.77. The van der Waals surface area contributed by atoms with E-state index in [9.17, 15) is 0 Å². The van der Waals surface area contributed by atoms with Gasteiger partial charge in [-0.3, -0.25) is 4.68 Å². The van der Waals surface area contributed by atoms with E-state index in [1.165, 1.54) is 22.4 Å². The van der Waals surface area contributed by atoms with Crippen molar-refractivity contribution >= 4 is 0 Å². The summed E-state index contributed by atoms with van der Waals surface area (Å²) in [6.45, 7) is 6.40. The zero-order chi connectivity index (χ0) is 14.7. The van der Waals surface area contributed by atoms with Crippen LogP contribution in [0.3, 0.4) is 0 Å². The van der Waals surface area contributed by atoms with E-state index in [4.69, 9.17) is 5.73 Å². The van der Waals surface area contributed by atoms with Crippen LogP contribution < -0.4 is 5.73 Å². The van der Waals surface area contributed by atoms with E-state index >= 15 is 0 Å². The quantitative estimate of drug-likeness (QED) is 0.908. The molecule has 1 aromatic carbocycles. The number of aryl methyl sites for hydroxylation is 4. The lowest BCUT2D eigenvalue weighted by molar-refractivity contribution is 0.611. The van der Waals surface area contributed by atoms with E-state index in [2.05, 4.69) is 50.1 Å². The molecule has 1 heterocycles. The number of aromatic nitrogens is 2. The highest BCUT2D eigenvalue weighted by Gasteiger charge is 2.10. The maximum atomic E-state index is 6.32. The van der Waals surface area contributed by atoms with Gasteiger partial charge in [0.2, 0.25) is 0 Å². The van der Waals surface area contributed by atoms with Gasteiger partial charge in [-0.2, -0.15) is 5.10 Å². The molecule has 0 aliphatic carbocycles. The highest BCUT2D eigenvalue weighted by Crippen LogP contribution is 2.13. The molecule has 0 aliphatic rings. The third kappa shape index (κ3) is 3.70. The Labute approximate surface area is 121 Å². The monoisotopic (exact) mass is 271 g/mol. The third-order valence-electron chi connectivity index (χ3n) is 3.64. The topological polar surface area (TPSA) is 43.8 Å². The lowest BCUT2D eigenvalue weighted by atomic mass is 9.99. The second kappa shape index (κ2) is 6.23. The Kier molecular flexibility index (Phi) is 4.61. The van der Waals surface area contributed by atoms with Crippen molar-refractivity contribution in [1.29, 1.82) is 0 Å². The molecule has 0 spiro atoms. The molecule has 3 heteroatoms. The summed E-state index contributed by atoms with van der Waals surface area (Å²) in [5.41, 5.74) is 12.6. The van der Waals surface area contributed by atoms with E-state index in [0.29, 0.717) is 0 Å². The number of nitrogens with zero attached hydrogens (tertiary/aromatic N) is 2. The predicted molar refractivity (Wildman–Crippen MR) is 83.9 cm³/mol. The molecule has 0 bridgehead atoms. The van der Waals surface area contributed by atoms with Crippen molar-refractivity contribution in [2.75, 3.05) is 0 Å². The van der Waals surface area contributed by atoms with Crippen LogP contribution >= 0.6 is 0 Å². The van der Waals surface area contributed by atoms with E-state index in [1.807, 2.05) is 11.7 Å². The number of nitrogens with two attached hydrogens (primary N) is 1. The van der Waals surface area contributed by atoms with Crippen LogP contribution in [0.2, 0.25) is 0 Å². The molecule has 20 heavy (non-hydrogen) atoms. The maximum absolute atomic E-state index is 6.32. The van der Waals surface area contributed by atoms with Crippen LogP contribution in [0.5, 0.6) is 0 Å². The van der Waals surface area contributed by atoms with Gasteiger partial charge in [-0.1, -0.05) is 36.2 Å². The smallest absolute Gasteiger partial charge is 0.0624 e. The Morgan fingerprint density at radius 2 is 1.75 bits per heavy atom. The summed E-state index contributed by atoms with van der Waals surface area (Å²) >= 11 is 0. The summed E-state index contributed by atoms with van der Waals surface area (Å²) in [6, 6.07) is 8.96. The van der Waals surface area contributed by atoms with Gasteiger partial charge in [0, 0.05) is 25.2 Å². The Bertz CT molecular complexity index is 564. The van der Waals surface area contributed by atoms with Crippen molar-refractivity contribution in [2.45, 2.75) is 46.1 Å². The van der Waals surface area contributed by atoms with Gasteiger partial charge in [-0.25, -0.2) is 0 Å². The fraction of sp³-hybridized carbons (Fsp3) is 0.471. The van der Waals surface area contributed by atoms with Gasteiger partial charge in [0.05, 0.1) is 5.69 Å². The Balaban J connectivity index is 2.04. The van der Waals surface area contributed by atoms with E-state index in [1.54, 1.807) is 0 Å². The Hall–Kier alpha value is -1.61. The first-order valence-electron chi connectivity index (χ1n) is 7.32. The molecule has 108 valence electrons. The number of benzene rings is 1. The van der Waals surface area contributed by atoms with Crippen molar-refractivity contribution in [1.82, 2.24) is 9.78 Å². The summed E-state index contributed by atoms with van der Waals surface area (Å²) in [7, 11) is 2.00. The molecule has 0 saturated heterocycles. The van der Waals surface area contributed by atoms with Crippen molar-refractivity contribution < 1.29 is 0 Å². The summed E-state index contributed by atoms with van der Waals surface area (Å²) in [5, 5.41) is 4.48. The van der Waals surface area contributed by atoms with E-state index < -0.39 is 0 Å². The largest absolute Gasteiger partial charge is 0.327 e. The SMILES string of the molecule is CCc1cc(CC(N)Cc2cc(C)cc(C)c2)n(C)n1. The molecule has 1 unspecified atom stereocenters. The molecular formula is C17H25N3. The summed E-state index contributed by atoms with van der Waals surface area (Å²) < 4.78 is 1.96. The predicted octanol–water partition coefficient (Wildman–Crippen LogP) is 2.71. The van der Waals surface area contributed by atoms with Gasteiger partial charge in [-0.15, -0.1) is 0 Å². The average molecular weight is 271 g/mol. The van der Waals surface area contributed by atoms with Crippen LogP contribution in [-0.2, 0) is 26.3 Å². The van der Waals surface area contributed by atoms with Gasteiger partial charge in [0.15, 0.2) is 0 Å². The standard InChI is InChI=1S/C17H25N3/c1-5-16-11-17(20(4)19-16)10-15(18)9-14-7-12(2)6-13(3)8-14/h6-8,11,15H,5,9-10,18H2,1-4H3. The first kappa shape index (κ1) is 14.8. The second-order valence-electron chi connectivity index (χ2n) is 5.77. The molecule has 0 saturated carbocycles. The Morgan fingerprint density at radius 1 is 1.10 bits per heavy atom. The van der Waals surface area contributed by atoms with Gasteiger partial charge < -0.3 is 5.73 Å². The van der Waals surface area contributed by atoms with Crippen LogP contribution in [0, 0.1) is 13.8 Å². The number of hydrogen-bond donors (Lipinski definition) is 1. The van der Waals surface area contributed by atoms with Crippen LogP contribution in [0.1, 0.15) is 35.0 Å². The number of rotatable bonds is 5. The molecule has 0 radical (unpaired) electrons. The van der Waals surface area contributed by atoms with Crippen molar-refractivity contribution in [2.24, 2.45) is 12.8 Å². The molecule has 0 aliphatic heterocycles. The van der Waals surface area contributed by atoms with E-state index in [0.717, 1.165) is 25.0 Å². The minimum atomic E-state index is 0.135. The van der Waals surface area contributed by atoms with Crippen LogP contribution in [0.15, 0.2) is 24.3 Å². The van der Waals surface area contributed by atoms with Crippen molar-refractivity contribution in [3.63, 3.8) is 0 Å². The Morgan fingerprint density at radius 3 is 2.30 bits per heavy atom. The molecule has 2 aromatic rings. The van der Waals surface area contributed by atoms with Crippen LogP contribution in [0.4, 0.5) is 0 Å². The van der Waals surface area contributed by atoms with Crippen molar-refractivity contribution in [3.05, 3.63) is 52.3 Å². The van der Waals surface area contributed by atoms with Crippen LogP contribution in [-0.4, -0.2) is 15.8 Å². The number of hydrogen-bond acceptors (Lipinski definition) is 2. The minimum Gasteiger partial charge on any atom is -0.327 e. The van der Waals surface area contributed by atoms with Gasteiger partial charge in [0.1, 0.15) is 0 Å². The molecule has 0 fully saturated rings. The minimum absolute atomic E-state index is 0.135. The molecular weight excluding hydrogens is 246 g/mol. The molecule has 2 rings (SSSR count). The summed E-state index contributed by atoms with van der Waals surface area (Å²) in [5.74, 6) is 0. The fourth-order valence-corrected chi connectivity index (χ4v) is 2.77. The molecule has 2 N–H and O–H groups in total. The van der Waals surface area contributed by atoms with Crippen LogP contribution in [0.25, 0.3) is 0 Å². The highest BCUT2D eigenvalue weighted by atomic mass is 15.3. The zero-order valence-electron chi connectivity index (χ0n) is 13.0. The summed E-state index contributed by atoms with van der Waals surface area (Å²) in [6.07, 6.45) is 2.76. The highest BCUT2D eigenvalue weighted by molar-refractivity contribution is 5.29. The zero-order valence-corrected chi connectivity index (χ0v) is 13.0. The molecule has 0 amide bonds. The molecule has 1 aromatic heterocycles. The lowest BCUT2D eigenvalue weighted by Crippen LogP contribution is -2.26.